The predicted octanol–water partition coefficient (Wildman–Crippen LogP) is 2.36. The fourth-order valence-corrected chi connectivity index (χ4v) is 3.98. The van der Waals surface area contributed by atoms with Gasteiger partial charge in [0.05, 0.1) is 36.7 Å². The first kappa shape index (κ1) is 17.9. The molecule has 1 saturated heterocycles. The quantitative estimate of drug-likeness (QED) is 0.576. The van der Waals surface area contributed by atoms with Crippen LogP contribution in [0, 0.1) is 13.8 Å². The van der Waals surface area contributed by atoms with Crippen LogP contribution in [0.4, 0.5) is 5.82 Å². The smallest absolute Gasteiger partial charge is 0.179 e. The number of aromatic nitrogens is 7. The van der Waals surface area contributed by atoms with Gasteiger partial charge in [0.1, 0.15) is 5.69 Å². The number of imidazole rings is 1. The fraction of sp³-hybridized carbons (Fsp3) is 0.400. The van der Waals surface area contributed by atoms with E-state index < -0.39 is 0 Å². The van der Waals surface area contributed by atoms with E-state index >= 15 is 0 Å². The lowest BCUT2D eigenvalue weighted by Crippen LogP contribution is -2.44. The van der Waals surface area contributed by atoms with Crippen molar-refractivity contribution in [2.75, 3.05) is 24.7 Å². The second-order valence-electron chi connectivity index (χ2n) is 7.55. The Kier molecular flexibility index (Phi) is 4.13. The van der Waals surface area contributed by atoms with E-state index in [0.717, 1.165) is 51.9 Å². The summed E-state index contributed by atoms with van der Waals surface area (Å²) in [4.78, 5) is 7.11. The third-order valence-corrected chi connectivity index (χ3v) is 5.69. The highest BCUT2D eigenvalue weighted by Crippen LogP contribution is 2.34. The summed E-state index contributed by atoms with van der Waals surface area (Å²) in [6.45, 7) is 8.45. The van der Waals surface area contributed by atoms with Crippen molar-refractivity contribution in [2.45, 2.75) is 26.8 Å². The van der Waals surface area contributed by atoms with Gasteiger partial charge in [-0.3, -0.25) is 9.78 Å². The summed E-state index contributed by atoms with van der Waals surface area (Å²) in [5.74, 6) is 1.66. The van der Waals surface area contributed by atoms with Crippen LogP contribution in [0.5, 0.6) is 0 Å². The summed E-state index contributed by atoms with van der Waals surface area (Å²) in [7, 11) is 1.96. The average Bonchev–Trinajstić information content (AvgIpc) is 3.43. The maximum Gasteiger partial charge on any atom is 0.179 e. The lowest BCUT2D eigenvalue weighted by atomic mass is 10.1. The molecule has 9 nitrogen and oxygen atoms in total. The van der Waals surface area contributed by atoms with Crippen LogP contribution in [0.2, 0.25) is 0 Å². The number of hydrogen-bond donors (Lipinski definition) is 1. The normalized spacial score (nSPS) is 17.4. The van der Waals surface area contributed by atoms with Gasteiger partial charge in [0, 0.05) is 36.6 Å². The van der Waals surface area contributed by atoms with Crippen molar-refractivity contribution in [3.05, 3.63) is 35.9 Å². The first-order valence-corrected chi connectivity index (χ1v) is 9.78. The molecule has 0 amide bonds. The van der Waals surface area contributed by atoms with Crippen molar-refractivity contribution < 1.29 is 4.74 Å². The molecular formula is C20H24N8O. The van der Waals surface area contributed by atoms with E-state index in [0.29, 0.717) is 13.2 Å². The summed E-state index contributed by atoms with van der Waals surface area (Å²) in [6, 6.07) is 4.32. The molecule has 0 bridgehead atoms. The maximum absolute atomic E-state index is 5.63. The first-order valence-electron chi connectivity index (χ1n) is 9.78. The molecule has 4 aromatic heterocycles. The standard InChI is InChI=1S/C20H24N8O/c1-12-11-29-8-7-27(12)18-9-15(16-10-22-26(4)14(16)3)19-13(2)23-20(28(19)25-18)17-5-6-21-24-17/h5-6,9-10,12H,7-8,11H2,1-4H3,(H,21,24). The van der Waals surface area contributed by atoms with Crippen LogP contribution in [0.25, 0.3) is 28.2 Å². The maximum atomic E-state index is 5.63. The van der Waals surface area contributed by atoms with Crippen LogP contribution in [-0.4, -0.2) is 60.4 Å². The average molecular weight is 392 g/mol. The van der Waals surface area contributed by atoms with Gasteiger partial charge < -0.3 is 9.64 Å². The number of aromatic amines is 1. The molecule has 0 aromatic carbocycles. The molecule has 0 saturated carbocycles. The van der Waals surface area contributed by atoms with Crippen molar-refractivity contribution >= 4 is 11.3 Å². The molecule has 5 rings (SSSR count). The molecule has 1 atom stereocenters. The molecule has 1 aliphatic rings. The SMILES string of the molecule is Cc1nc(-c2ccn[nH]2)n2nc(N3CCOCC3C)cc(-c3cnn(C)c3C)c12. The van der Waals surface area contributed by atoms with Crippen molar-refractivity contribution in [2.24, 2.45) is 7.05 Å². The van der Waals surface area contributed by atoms with Gasteiger partial charge in [0.25, 0.3) is 0 Å². The van der Waals surface area contributed by atoms with E-state index in [4.69, 9.17) is 14.8 Å². The number of fused-ring (bicyclic) bond motifs is 1. The topological polar surface area (TPSA) is 89.2 Å². The number of rotatable bonds is 3. The molecule has 150 valence electrons. The Morgan fingerprint density at radius 3 is 2.79 bits per heavy atom. The van der Waals surface area contributed by atoms with Crippen LogP contribution in [0.15, 0.2) is 24.5 Å². The number of anilines is 1. The third-order valence-electron chi connectivity index (χ3n) is 5.69. The molecule has 0 radical (unpaired) electrons. The summed E-state index contributed by atoms with van der Waals surface area (Å²) in [5.41, 5.74) is 6.00. The Hall–Kier alpha value is -3.20. The summed E-state index contributed by atoms with van der Waals surface area (Å²) >= 11 is 0. The van der Waals surface area contributed by atoms with Gasteiger partial charge in [-0.2, -0.15) is 10.2 Å². The third kappa shape index (κ3) is 2.80. The van der Waals surface area contributed by atoms with Crippen LogP contribution in [-0.2, 0) is 11.8 Å². The molecule has 1 fully saturated rings. The van der Waals surface area contributed by atoms with Gasteiger partial charge in [-0.15, -0.1) is 5.10 Å². The zero-order valence-electron chi connectivity index (χ0n) is 17.0. The second-order valence-corrected chi connectivity index (χ2v) is 7.55. The Balaban J connectivity index is 1.81. The van der Waals surface area contributed by atoms with Crippen molar-refractivity contribution in [1.29, 1.82) is 0 Å². The van der Waals surface area contributed by atoms with E-state index in [-0.39, 0.29) is 6.04 Å². The Bertz CT molecular complexity index is 1170. The molecule has 29 heavy (non-hydrogen) atoms. The van der Waals surface area contributed by atoms with E-state index in [1.807, 2.05) is 35.4 Å². The lowest BCUT2D eigenvalue weighted by molar-refractivity contribution is 0.0984. The van der Waals surface area contributed by atoms with E-state index in [1.165, 1.54) is 0 Å². The monoisotopic (exact) mass is 392 g/mol. The molecule has 1 unspecified atom stereocenters. The minimum atomic E-state index is 0.247. The minimum absolute atomic E-state index is 0.247. The van der Waals surface area contributed by atoms with Gasteiger partial charge in [0.2, 0.25) is 0 Å². The van der Waals surface area contributed by atoms with Gasteiger partial charge in [0.15, 0.2) is 11.6 Å². The molecule has 4 aromatic rings. The van der Waals surface area contributed by atoms with E-state index in [2.05, 4.69) is 40.1 Å². The first-order chi connectivity index (χ1) is 14.0. The molecule has 0 spiro atoms. The lowest BCUT2D eigenvalue weighted by Gasteiger charge is -2.34. The van der Waals surface area contributed by atoms with Crippen molar-refractivity contribution in [3.63, 3.8) is 0 Å². The van der Waals surface area contributed by atoms with Crippen molar-refractivity contribution in [3.8, 4) is 22.6 Å². The van der Waals surface area contributed by atoms with Crippen LogP contribution in [0.3, 0.4) is 0 Å². The largest absolute Gasteiger partial charge is 0.377 e. The van der Waals surface area contributed by atoms with E-state index in [1.54, 1.807) is 6.20 Å². The minimum Gasteiger partial charge on any atom is -0.377 e. The fourth-order valence-electron chi connectivity index (χ4n) is 3.98. The number of H-pyrrole nitrogens is 1. The second kappa shape index (κ2) is 6.70. The highest BCUT2D eigenvalue weighted by atomic mass is 16.5. The number of aryl methyl sites for hydroxylation is 2. The highest BCUT2D eigenvalue weighted by Gasteiger charge is 2.25. The molecule has 5 heterocycles. The van der Waals surface area contributed by atoms with E-state index in [9.17, 15) is 0 Å². The Morgan fingerprint density at radius 1 is 1.24 bits per heavy atom. The molecular weight excluding hydrogens is 368 g/mol. The Morgan fingerprint density at radius 2 is 2.10 bits per heavy atom. The van der Waals surface area contributed by atoms with Gasteiger partial charge >= 0.3 is 0 Å². The van der Waals surface area contributed by atoms with Crippen LogP contribution < -0.4 is 4.90 Å². The number of hydrogen-bond acceptors (Lipinski definition) is 6. The van der Waals surface area contributed by atoms with Gasteiger partial charge in [-0.1, -0.05) is 0 Å². The van der Waals surface area contributed by atoms with Gasteiger partial charge in [-0.25, -0.2) is 9.50 Å². The summed E-state index contributed by atoms with van der Waals surface area (Å²) in [6.07, 6.45) is 3.64. The van der Waals surface area contributed by atoms with Crippen LogP contribution in [0.1, 0.15) is 18.3 Å². The number of ether oxygens (including phenoxy) is 1. The highest BCUT2D eigenvalue weighted by molar-refractivity contribution is 5.86. The predicted molar refractivity (Wildman–Crippen MR) is 110 cm³/mol. The molecule has 9 heteroatoms. The van der Waals surface area contributed by atoms with Crippen molar-refractivity contribution in [1.82, 2.24) is 34.6 Å². The summed E-state index contributed by atoms with van der Waals surface area (Å²) in [5, 5.41) is 16.6. The molecule has 1 N–H and O–H groups in total. The summed E-state index contributed by atoms with van der Waals surface area (Å²) < 4.78 is 9.46. The molecule has 0 aliphatic carbocycles. The molecule has 1 aliphatic heterocycles. The number of morpholine rings is 1. The van der Waals surface area contributed by atoms with Crippen LogP contribution >= 0.6 is 0 Å². The van der Waals surface area contributed by atoms with Gasteiger partial charge in [-0.05, 0) is 32.9 Å². The Labute approximate surface area is 168 Å². The number of nitrogens with zero attached hydrogens (tertiary/aromatic N) is 7. The zero-order chi connectivity index (χ0) is 20.1. The zero-order valence-corrected chi connectivity index (χ0v) is 17.0. The number of nitrogens with one attached hydrogen (secondary N) is 1.